The number of nitrogens with zero attached hydrogens (tertiary/aromatic N) is 4. The third-order valence-corrected chi connectivity index (χ3v) is 4.39. The summed E-state index contributed by atoms with van der Waals surface area (Å²) < 4.78 is 0. The average Bonchev–Trinajstić information content (AvgIpc) is 3.09. The molecule has 1 aliphatic rings. The zero-order valence-electron chi connectivity index (χ0n) is 12.2. The van der Waals surface area contributed by atoms with Crippen LogP contribution in [0.5, 0.6) is 0 Å². The predicted octanol–water partition coefficient (Wildman–Crippen LogP) is 3.88. The maximum atomic E-state index is 4.50. The Morgan fingerprint density at radius 3 is 2.68 bits per heavy atom. The van der Waals surface area contributed by atoms with Crippen molar-refractivity contribution in [2.75, 3.05) is 0 Å². The molecule has 0 bridgehead atoms. The molecule has 0 spiro atoms. The van der Waals surface area contributed by atoms with Gasteiger partial charge in [-0.1, -0.05) is 25.3 Å². The van der Waals surface area contributed by atoms with Crippen LogP contribution in [0.4, 0.5) is 0 Å². The number of pyridine rings is 1. The zero-order valence-corrected chi connectivity index (χ0v) is 13.0. The van der Waals surface area contributed by atoms with E-state index in [1.165, 1.54) is 37.7 Å². The first-order chi connectivity index (χ1) is 10.4. The van der Waals surface area contributed by atoms with Gasteiger partial charge in [0.2, 0.25) is 5.82 Å². The molecule has 114 valence electrons. The second kappa shape index (κ2) is 6.40. The van der Waals surface area contributed by atoms with Gasteiger partial charge in [-0.25, -0.2) is 0 Å². The number of aromatic amines is 1. The van der Waals surface area contributed by atoms with Gasteiger partial charge < -0.3 is 0 Å². The van der Waals surface area contributed by atoms with Gasteiger partial charge in [0.25, 0.3) is 0 Å². The Kier molecular flexibility index (Phi) is 4.34. The molecule has 1 N–H and O–H groups in total. The van der Waals surface area contributed by atoms with Crippen molar-refractivity contribution in [3.63, 3.8) is 0 Å². The van der Waals surface area contributed by atoms with Gasteiger partial charge in [0.1, 0.15) is 0 Å². The van der Waals surface area contributed by atoms with Gasteiger partial charge >= 0.3 is 0 Å². The minimum atomic E-state index is 0. The van der Waals surface area contributed by atoms with Crippen molar-refractivity contribution in [3.05, 3.63) is 36.0 Å². The average molecular weight is 316 g/mol. The lowest BCUT2D eigenvalue weighted by atomic mass is 9.84. The molecular weight excluding hydrogens is 298 g/mol. The molecule has 4 rings (SSSR count). The van der Waals surface area contributed by atoms with Crippen LogP contribution in [0.1, 0.15) is 43.6 Å². The molecule has 2 heterocycles. The highest BCUT2D eigenvalue weighted by Gasteiger charge is 2.16. The molecule has 1 saturated carbocycles. The van der Waals surface area contributed by atoms with E-state index in [0.717, 1.165) is 16.5 Å². The van der Waals surface area contributed by atoms with Gasteiger partial charge in [-0.2, -0.15) is 5.21 Å². The van der Waals surface area contributed by atoms with Gasteiger partial charge in [-0.05, 0) is 47.7 Å². The van der Waals surface area contributed by atoms with E-state index in [1.54, 1.807) is 6.20 Å². The van der Waals surface area contributed by atoms with Gasteiger partial charge in [0.15, 0.2) is 0 Å². The van der Waals surface area contributed by atoms with Crippen LogP contribution in [-0.2, 0) is 0 Å². The number of rotatable bonds is 2. The quantitative estimate of drug-likeness (QED) is 0.779. The third-order valence-electron chi connectivity index (χ3n) is 4.39. The molecule has 0 aliphatic heterocycles. The second-order valence-corrected chi connectivity index (χ2v) is 5.75. The van der Waals surface area contributed by atoms with E-state index in [9.17, 15) is 0 Å². The summed E-state index contributed by atoms with van der Waals surface area (Å²) in [6.07, 6.45) is 8.50. The van der Waals surface area contributed by atoms with Crippen LogP contribution in [0.3, 0.4) is 0 Å². The Morgan fingerprint density at radius 1 is 1.05 bits per heavy atom. The number of tetrazole rings is 1. The van der Waals surface area contributed by atoms with E-state index < -0.39 is 0 Å². The van der Waals surface area contributed by atoms with E-state index in [1.807, 2.05) is 0 Å². The van der Waals surface area contributed by atoms with Crippen LogP contribution in [0.25, 0.3) is 22.3 Å². The second-order valence-electron chi connectivity index (χ2n) is 5.75. The Morgan fingerprint density at radius 2 is 1.91 bits per heavy atom. The highest BCUT2D eigenvalue weighted by Crippen LogP contribution is 2.34. The van der Waals surface area contributed by atoms with Crippen molar-refractivity contribution in [1.82, 2.24) is 25.6 Å². The number of nitrogens with one attached hydrogen (secondary N) is 1. The number of halogens is 1. The normalized spacial score (nSPS) is 15.6. The van der Waals surface area contributed by atoms with E-state index in [-0.39, 0.29) is 12.4 Å². The summed E-state index contributed by atoms with van der Waals surface area (Å²) in [7, 11) is 0. The number of hydrogen-bond donors (Lipinski definition) is 1. The number of benzene rings is 1. The molecule has 22 heavy (non-hydrogen) atoms. The van der Waals surface area contributed by atoms with E-state index in [0.29, 0.717) is 11.7 Å². The molecular formula is C16H18ClN5. The van der Waals surface area contributed by atoms with Crippen molar-refractivity contribution >= 4 is 23.3 Å². The van der Waals surface area contributed by atoms with E-state index in [2.05, 4.69) is 49.9 Å². The topological polar surface area (TPSA) is 67.3 Å². The van der Waals surface area contributed by atoms with Crippen molar-refractivity contribution in [3.8, 4) is 11.4 Å². The summed E-state index contributed by atoms with van der Waals surface area (Å²) in [6, 6.07) is 8.74. The fourth-order valence-electron chi connectivity index (χ4n) is 3.25. The molecule has 0 unspecified atom stereocenters. The summed E-state index contributed by atoms with van der Waals surface area (Å²) in [5, 5.41) is 15.3. The molecule has 6 heteroatoms. The molecule has 5 nitrogen and oxygen atoms in total. The molecule has 0 saturated heterocycles. The smallest absolute Gasteiger partial charge is 0.206 e. The van der Waals surface area contributed by atoms with Crippen LogP contribution in [0.2, 0.25) is 0 Å². The number of fused-ring (bicyclic) bond motifs is 1. The molecule has 0 radical (unpaired) electrons. The van der Waals surface area contributed by atoms with Gasteiger partial charge in [0, 0.05) is 17.1 Å². The van der Waals surface area contributed by atoms with Crippen molar-refractivity contribution in [2.24, 2.45) is 0 Å². The summed E-state index contributed by atoms with van der Waals surface area (Å²) in [6.45, 7) is 0. The van der Waals surface area contributed by atoms with Crippen molar-refractivity contribution in [2.45, 2.75) is 38.0 Å². The molecule has 2 aromatic heterocycles. The Balaban J connectivity index is 0.00000144. The molecule has 3 aromatic rings. The standard InChI is InChI=1S/C16H17N5.ClH/c1-2-4-11(5-3-1)12-6-7-15-13(8-12)9-14(10-17-15)16-18-20-21-19-16;/h6-11H,1-5H2,(H,18,19,20,21);1H. The predicted molar refractivity (Wildman–Crippen MR) is 88.0 cm³/mol. The fraction of sp³-hybridized carbons (Fsp3) is 0.375. The molecule has 0 atom stereocenters. The van der Waals surface area contributed by atoms with E-state index in [4.69, 9.17) is 0 Å². The Labute approximate surface area is 135 Å². The lowest BCUT2D eigenvalue weighted by Crippen LogP contribution is -2.04. The number of aromatic nitrogens is 5. The lowest BCUT2D eigenvalue weighted by Gasteiger charge is -2.22. The summed E-state index contributed by atoms with van der Waals surface area (Å²) in [5.74, 6) is 1.30. The third kappa shape index (κ3) is 2.81. The molecule has 0 amide bonds. The highest BCUT2D eigenvalue weighted by molar-refractivity contribution is 5.85. The first-order valence-corrected chi connectivity index (χ1v) is 7.54. The van der Waals surface area contributed by atoms with Gasteiger partial charge in [0.05, 0.1) is 5.52 Å². The maximum Gasteiger partial charge on any atom is 0.206 e. The van der Waals surface area contributed by atoms with Gasteiger partial charge in [-0.15, -0.1) is 22.6 Å². The minimum Gasteiger partial charge on any atom is -0.255 e. The fourth-order valence-corrected chi connectivity index (χ4v) is 3.25. The molecule has 1 aliphatic carbocycles. The van der Waals surface area contributed by atoms with E-state index >= 15 is 0 Å². The summed E-state index contributed by atoms with van der Waals surface area (Å²) in [4.78, 5) is 4.50. The molecule has 1 fully saturated rings. The zero-order chi connectivity index (χ0) is 14.1. The summed E-state index contributed by atoms with van der Waals surface area (Å²) in [5.41, 5.74) is 3.35. The minimum absolute atomic E-state index is 0. The van der Waals surface area contributed by atoms with Crippen LogP contribution < -0.4 is 0 Å². The van der Waals surface area contributed by atoms with Gasteiger partial charge in [-0.3, -0.25) is 4.98 Å². The largest absolute Gasteiger partial charge is 0.255 e. The maximum absolute atomic E-state index is 4.50. The molecule has 1 aromatic carbocycles. The van der Waals surface area contributed by atoms with Crippen molar-refractivity contribution in [1.29, 1.82) is 0 Å². The lowest BCUT2D eigenvalue weighted by molar-refractivity contribution is 0.444. The van der Waals surface area contributed by atoms with Crippen molar-refractivity contribution < 1.29 is 0 Å². The SMILES string of the molecule is Cl.c1nc2ccc(C3CCCCC3)cc2cc1-c1nn[nH]n1. The van der Waals surface area contributed by atoms with Crippen LogP contribution >= 0.6 is 12.4 Å². The number of H-pyrrole nitrogens is 1. The monoisotopic (exact) mass is 315 g/mol. The highest BCUT2D eigenvalue weighted by atomic mass is 35.5. The Bertz CT molecular complexity index is 750. The first-order valence-electron chi connectivity index (χ1n) is 7.54. The summed E-state index contributed by atoms with van der Waals surface area (Å²) >= 11 is 0. The van der Waals surface area contributed by atoms with Crippen LogP contribution in [0, 0.1) is 0 Å². The van der Waals surface area contributed by atoms with Crippen LogP contribution in [0.15, 0.2) is 30.5 Å². The number of hydrogen-bond acceptors (Lipinski definition) is 4. The first kappa shape index (κ1) is 14.9. The Hall–Kier alpha value is -2.01. The van der Waals surface area contributed by atoms with Crippen LogP contribution in [-0.4, -0.2) is 25.6 Å².